The predicted molar refractivity (Wildman–Crippen MR) is 181 cm³/mol. The summed E-state index contributed by atoms with van der Waals surface area (Å²) < 4.78 is 22.7. The number of likely N-dealkylation sites (tertiary alicyclic amines) is 1. The van der Waals surface area contributed by atoms with Crippen LogP contribution in [0.15, 0.2) is 72.8 Å². The Hall–Kier alpha value is -4.53. The zero-order chi connectivity index (χ0) is 33.9. The number of carbonyl (C=O) groups is 3. The van der Waals surface area contributed by atoms with Gasteiger partial charge in [-0.2, -0.15) is 0 Å². The van der Waals surface area contributed by atoms with Crippen molar-refractivity contribution in [2.75, 3.05) is 27.4 Å². The van der Waals surface area contributed by atoms with Crippen molar-refractivity contribution in [3.63, 3.8) is 0 Å². The van der Waals surface area contributed by atoms with Crippen LogP contribution in [0.1, 0.15) is 86.5 Å². The van der Waals surface area contributed by atoms with E-state index in [0.717, 1.165) is 49.7 Å². The average Bonchev–Trinajstić information content (AvgIpc) is 3.13. The van der Waals surface area contributed by atoms with Gasteiger partial charge < -0.3 is 29.0 Å². The molecule has 2 aliphatic rings. The monoisotopic (exact) mass is 657 g/mol. The Morgan fingerprint density at radius 3 is 2.27 bits per heavy atom. The molecule has 3 aromatic rings. The van der Waals surface area contributed by atoms with Crippen LogP contribution in [0.25, 0.3) is 0 Å². The number of methoxy groups -OCH3 is 2. The lowest BCUT2D eigenvalue weighted by molar-refractivity contribution is -0.163. The second-order valence-corrected chi connectivity index (χ2v) is 12.7. The molecule has 0 spiro atoms. The number of amides is 1. The van der Waals surface area contributed by atoms with Crippen molar-refractivity contribution in [2.24, 2.45) is 5.92 Å². The molecule has 9 nitrogen and oxygen atoms in total. The van der Waals surface area contributed by atoms with E-state index in [1.165, 1.54) is 6.42 Å². The molecule has 0 radical (unpaired) electrons. The molecular formula is C39H47NO8. The van der Waals surface area contributed by atoms with Crippen LogP contribution in [0.5, 0.6) is 17.2 Å². The molecule has 3 atom stereocenters. The number of nitrogens with zero attached hydrogens (tertiary/aromatic N) is 1. The molecule has 9 heteroatoms. The number of carboxylic acids is 1. The summed E-state index contributed by atoms with van der Waals surface area (Å²) in [4.78, 5) is 41.6. The van der Waals surface area contributed by atoms with Crippen LogP contribution in [0, 0.1) is 5.92 Å². The van der Waals surface area contributed by atoms with Gasteiger partial charge in [-0.15, -0.1) is 0 Å². The second-order valence-electron chi connectivity index (χ2n) is 12.7. The van der Waals surface area contributed by atoms with E-state index in [0.29, 0.717) is 48.6 Å². The maximum atomic E-state index is 14.5. The van der Waals surface area contributed by atoms with E-state index in [4.69, 9.17) is 24.1 Å². The third-order valence-corrected chi connectivity index (χ3v) is 9.60. The maximum absolute atomic E-state index is 14.5. The number of benzene rings is 3. The molecule has 2 fully saturated rings. The van der Waals surface area contributed by atoms with E-state index < -0.39 is 30.7 Å². The number of aliphatic carboxylic acids is 1. The van der Waals surface area contributed by atoms with Gasteiger partial charge in [0.05, 0.1) is 20.1 Å². The number of carbonyl (C=O) groups excluding carboxylic acids is 2. The lowest BCUT2D eigenvalue weighted by Crippen LogP contribution is -2.51. The molecule has 48 heavy (non-hydrogen) atoms. The van der Waals surface area contributed by atoms with E-state index in [1.54, 1.807) is 37.3 Å². The van der Waals surface area contributed by atoms with Gasteiger partial charge in [0, 0.05) is 6.54 Å². The van der Waals surface area contributed by atoms with Crippen molar-refractivity contribution < 1.29 is 38.4 Å². The molecule has 0 unspecified atom stereocenters. The molecule has 0 bridgehead atoms. The highest BCUT2D eigenvalue weighted by atomic mass is 16.5. The third kappa shape index (κ3) is 8.88. The molecule has 5 rings (SSSR count). The van der Waals surface area contributed by atoms with E-state index in [-0.39, 0.29) is 17.7 Å². The summed E-state index contributed by atoms with van der Waals surface area (Å²) in [6.45, 7) is 0.0335. The highest BCUT2D eigenvalue weighted by Crippen LogP contribution is 2.39. The minimum absolute atomic E-state index is 0.0145. The molecule has 3 aromatic carbocycles. The Labute approximate surface area is 283 Å². The molecule has 0 aromatic heterocycles. The minimum Gasteiger partial charge on any atom is -0.493 e. The van der Waals surface area contributed by atoms with Crippen LogP contribution in [-0.4, -0.2) is 61.3 Å². The Bertz CT molecular complexity index is 1520. The number of ether oxygens (including phenoxy) is 4. The molecule has 1 saturated carbocycles. The minimum atomic E-state index is -1.08. The van der Waals surface area contributed by atoms with E-state index >= 15 is 0 Å². The molecule has 1 aliphatic carbocycles. The number of piperidine rings is 1. The predicted octanol–water partition coefficient (Wildman–Crippen LogP) is 7.13. The van der Waals surface area contributed by atoms with Gasteiger partial charge in [-0.3, -0.25) is 4.79 Å². The van der Waals surface area contributed by atoms with Crippen LogP contribution in [-0.2, 0) is 25.5 Å². The first kappa shape index (κ1) is 34.8. The second kappa shape index (κ2) is 17.0. The fourth-order valence-corrected chi connectivity index (χ4v) is 7.16. The van der Waals surface area contributed by atoms with E-state index in [2.05, 4.69) is 0 Å². The van der Waals surface area contributed by atoms with Gasteiger partial charge in [-0.25, -0.2) is 9.59 Å². The molecule has 1 amide bonds. The Morgan fingerprint density at radius 1 is 0.812 bits per heavy atom. The summed E-state index contributed by atoms with van der Waals surface area (Å²) in [7, 11) is 3.17. The Balaban J connectivity index is 1.39. The Morgan fingerprint density at radius 2 is 1.54 bits per heavy atom. The lowest BCUT2D eigenvalue weighted by atomic mass is 9.75. The molecule has 256 valence electrons. The number of carboxylic acid groups (broad SMARTS) is 1. The first-order chi connectivity index (χ1) is 23.4. The average molecular weight is 658 g/mol. The van der Waals surface area contributed by atoms with Crippen LogP contribution in [0.4, 0.5) is 0 Å². The third-order valence-electron chi connectivity index (χ3n) is 9.60. The number of rotatable bonds is 14. The van der Waals surface area contributed by atoms with Gasteiger partial charge >= 0.3 is 11.9 Å². The van der Waals surface area contributed by atoms with Crippen LogP contribution < -0.4 is 14.2 Å². The van der Waals surface area contributed by atoms with Gasteiger partial charge in [0.1, 0.15) is 17.9 Å². The van der Waals surface area contributed by atoms with Crippen LogP contribution >= 0.6 is 0 Å². The van der Waals surface area contributed by atoms with Crippen LogP contribution in [0.2, 0.25) is 0 Å². The van der Waals surface area contributed by atoms with Crippen molar-refractivity contribution in [3.05, 3.63) is 89.5 Å². The molecule has 1 saturated heterocycles. The number of aryl methyl sites for hydroxylation is 1. The molecular weight excluding hydrogens is 610 g/mol. The molecule has 1 aliphatic heterocycles. The van der Waals surface area contributed by atoms with Crippen molar-refractivity contribution in [3.8, 4) is 17.2 Å². The summed E-state index contributed by atoms with van der Waals surface area (Å²) in [6, 6.07) is 22.0. The number of esters is 1. The topological polar surface area (TPSA) is 112 Å². The zero-order valence-corrected chi connectivity index (χ0v) is 28.0. The summed E-state index contributed by atoms with van der Waals surface area (Å²) >= 11 is 0. The largest absolute Gasteiger partial charge is 0.493 e. The summed E-state index contributed by atoms with van der Waals surface area (Å²) in [6.07, 6.45) is 7.99. The smallest absolute Gasteiger partial charge is 0.341 e. The van der Waals surface area contributed by atoms with Gasteiger partial charge in [0.15, 0.2) is 18.1 Å². The quantitative estimate of drug-likeness (QED) is 0.182. The normalized spacial score (nSPS) is 18.0. The maximum Gasteiger partial charge on any atom is 0.341 e. The van der Waals surface area contributed by atoms with Crippen molar-refractivity contribution >= 4 is 17.8 Å². The fraction of sp³-hybridized carbons (Fsp3) is 0.462. The first-order valence-electron chi connectivity index (χ1n) is 17.1. The first-order valence-corrected chi connectivity index (χ1v) is 17.1. The fourth-order valence-electron chi connectivity index (χ4n) is 7.16. The zero-order valence-electron chi connectivity index (χ0n) is 28.0. The molecule has 1 N–H and O–H groups in total. The standard InChI is InChI=1S/C39H47NO8/c1-45-34-22-20-27(24-35(34)46-2)19-21-33(30-16-11-17-31(25-30)47-26-36(41)42)48-39(44)32-18-9-10-23-40(32)38(43)37(28-12-5-3-6-13-28)29-14-7-4-8-15-29/h3,5-6,11-13,16-17,20,22,24-25,29,32-33,37H,4,7-10,14-15,18-19,21,23,26H2,1-2H3,(H,41,42)/t32-,33+,37+/m0/s1. The van der Waals surface area contributed by atoms with Gasteiger partial charge in [0.2, 0.25) is 5.91 Å². The summed E-state index contributed by atoms with van der Waals surface area (Å²) in [5.41, 5.74) is 2.67. The SMILES string of the molecule is COc1ccc(CC[C@@H](OC(=O)[C@@H]2CCCCN2C(=O)[C@H](c2ccccc2)C2CCCCC2)c2cccc(OCC(=O)O)c2)cc1OC. The van der Waals surface area contributed by atoms with Crippen molar-refractivity contribution in [2.45, 2.75) is 82.3 Å². The van der Waals surface area contributed by atoms with Gasteiger partial charge in [0.25, 0.3) is 0 Å². The van der Waals surface area contributed by atoms with E-state index in [1.807, 2.05) is 54.6 Å². The lowest BCUT2D eigenvalue weighted by Gasteiger charge is -2.39. The highest BCUT2D eigenvalue weighted by molar-refractivity contribution is 5.89. The van der Waals surface area contributed by atoms with Crippen LogP contribution in [0.3, 0.4) is 0 Å². The molecule has 1 heterocycles. The summed E-state index contributed by atoms with van der Waals surface area (Å²) in [5, 5.41) is 9.13. The van der Waals surface area contributed by atoms with E-state index in [9.17, 15) is 14.4 Å². The Kier molecular flexibility index (Phi) is 12.4. The summed E-state index contributed by atoms with van der Waals surface area (Å²) in [5.74, 6) is 0.0642. The van der Waals surface area contributed by atoms with Crippen molar-refractivity contribution in [1.29, 1.82) is 0 Å². The number of hydrogen-bond acceptors (Lipinski definition) is 7. The highest BCUT2D eigenvalue weighted by Gasteiger charge is 2.40. The van der Waals surface area contributed by atoms with Gasteiger partial charge in [-0.05, 0) is 91.8 Å². The number of hydrogen-bond donors (Lipinski definition) is 1. The van der Waals surface area contributed by atoms with Crippen molar-refractivity contribution in [1.82, 2.24) is 4.90 Å². The van der Waals surface area contributed by atoms with Gasteiger partial charge in [-0.1, -0.05) is 67.8 Å².